The van der Waals surface area contributed by atoms with Crippen LogP contribution < -0.4 is 0 Å². The number of allylic oxidation sites excluding steroid dienone is 4. The third-order valence-corrected chi connectivity index (χ3v) is 10.3. The fraction of sp³-hybridized carbons (Fsp3) is 0.902. The van der Waals surface area contributed by atoms with Crippen LogP contribution in [-0.4, -0.2) is 45.4 Å². The van der Waals surface area contributed by atoms with Crippen molar-refractivity contribution in [1.82, 2.24) is 4.90 Å². The third-order valence-electron chi connectivity index (χ3n) is 8.81. The van der Waals surface area contributed by atoms with E-state index in [1.54, 1.807) is 0 Å². The average molecular weight is 684 g/mol. The number of unbranched alkanes of at least 4 members (excludes halogenated alkanes) is 24. The van der Waals surface area contributed by atoms with E-state index in [-0.39, 0.29) is 0 Å². The van der Waals surface area contributed by atoms with Crippen LogP contribution in [0.4, 0.5) is 0 Å². The van der Waals surface area contributed by atoms with E-state index in [0.29, 0.717) is 19.8 Å². The van der Waals surface area contributed by atoms with Crippen molar-refractivity contribution in [2.24, 2.45) is 0 Å². The second-order valence-electron chi connectivity index (χ2n) is 14.0. The summed E-state index contributed by atoms with van der Waals surface area (Å²) in [6.07, 6.45) is 45.9. The zero-order chi connectivity index (χ0) is 34.4. The van der Waals surface area contributed by atoms with E-state index in [2.05, 4.69) is 43.1 Å². The molecule has 47 heavy (non-hydrogen) atoms. The molecule has 0 spiro atoms. The van der Waals surface area contributed by atoms with Gasteiger partial charge in [-0.05, 0) is 91.3 Å². The highest BCUT2D eigenvalue weighted by molar-refractivity contribution is 7.48. The minimum atomic E-state index is -3.49. The second-order valence-corrected chi connectivity index (χ2v) is 15.6. The predicted molar refractivity (Wildman–Crippen MR) is 208 cm³/mol. The lowest BCUT2D eigenvalue weighted by Gasteiger charge is -2.19. The van der Waals surface area contributed by atoms with Crippen LogP contribution in [-0.2, 0) is 18.1 Å². The molecule has 0 saturated heterocycles. The summed E-state index contributed by atoms with van der Waals surface area (Å²) in [5.74, 6) is 0. The van der Waals surface area contributed by atoms with Crippen molar-refractivity contribution in [1.29, 1.82) is 0 Å². The first kappa shape index (κ1) is 46.5. The lowest BCUT2D eigenvalue weighted by atomic mass is 10.1. The highest BCUT2D eigenvalue weighted by Gasteiger charge is 2.26. The second kappa shape index (κ2) is 38.4. The first-order valence-electron chi connectivity index (χ1n) is 20.5. The normalized spacial score (nSPS) is 12.4. The minimum Gasteiger partial charge on any atom is -0.309 e. The van der Waals surface area contributed by atoms with Crippen LogP contribution in [0.5, 0.6) is 0 Å². The maximum absolute atomic E-state index is 13.3. The fourth-order valence-corrected chi connectivity index (χ4v) is 7.00. The lowest BCUT2D eigenvalue weighted by Crippen LogP contribution is -2.15. The van der Waals surface area contributed by atoms with Crippen molar-refractivity contribution < 1.29 is 18.1 Å². The molecule has 0 amide bonds. The Morgan fingerprint density at radius 3 is 1.00 bits per heavy atom. The standard InChI is InChI=1S/C41H82NO4P/c1-5-7-9-11-13-15-17-19-21-23-25-27-29-31-33-35-39-44-47(43,46-41-37-38-42(3)4)45-40-36-34-32-30-28-26-24-22-20-18-16-14-12-10-8-6-2/h19-22H,5-18,23-41H2,1-4H3/b21-19-,22-20-. The van der Waals surface area contributed by atoms with Crippen molar-refractivity contribution in [2.75, 3.05) is 40.5 Å². The first-order chi connectivity index (χ1) is 23.0. The molecule has 0 N–H and O–H groups in total. The van der Waals surface area contributed by atoms with Gasteiger partial charge < -0.3 is 4.90 Å². The minimum absolute atomic E-state index is 0.399. The predicted octanol–water partition coefficient (Wildman–Crippen LogP) is 14.2. The maximum Gasteiger partial charge on any atom is 0.474 e. The zero-order valence-electron chi connectivity index (χ0n) is 32.2. The molecule has 0 rings (SSSR count). The Bertz CT molecular complexity index is 664. The van der Waals surface area contributed by atoms with E-state index in [1.807, 2.05) is 14.1 Å². The van der Waals surface area contributed by atoms with Crippen molar-refractivity contribution in [3.8, 4) is 0 Å². The highest BCUT2D eigenvalue weighted by atomic mass is 31.2. The quantitative estimate of drug-likeness (QED) is 0.0367. The topological polar surface area (TPSA) is 48.0 Å². The summed E-state index contributed by atoms with van der Waals surface area (Å²) in [6.45, 7) is 6.73. The summed E-state index contributed by atoms with van der Waals surface area (Å²) in [6, 6.07) is 0. The molecule has 0 saturated carbocycles. The molecule has 0 unspecified atom stereocenters. The van der Waals surface area contributed by atoms with Gasteiger partial charge in [-0.1, -0.05) is 154 Å². The van der Waals surface area contributed by atoms with E-state index in [9.17, 15) is 4.57 Å². The molecule has 0 bridgehead atoms. The monoisotopic (exact) mass is 684 g/mol. The molecule has 0 aliphatic heterocycles. The number of phosphoric ester groups is 1. The van der Waals surface area contributed by atoms with Gasteiger partial charge in [-0.15, -0.1) is 0 Å². The van der Waals surface area contributed by atoms with Gasteiger partial charge in [-0.3, -0.25) is 13.6 Å². The van der Waals surface area contributed by atoms with Crippen LogP contribution in [0.2, 0.25) is 0 Å². The van der Waals surface area contributed by atoms with Gasteiger partial charge >= 0.3 is 7.82 Å². The molecule has 0 fully saturated rings. The molecule has 0 aromatic rings. The summed E-state index contributed by atoms with van der Waals surface area (Å²) in [5, 5.41) is 0. The number of phosphoric acid groups is 1. The molecule has 0 aromatic heterocycles. The molecule has 5 nitrogen and oxygen atoms in total. The molecule has 0 atom stereocenters. The van der Waals surface area contributed by atoms with Gasteiger partial charge in [0.25, 0.3) is 0 Å². The van der Waals surface area contributed by atoms with Crippen LogP contribution in [0, 0.1) is 0 Å². The summed E-state index contributed by atoms with van der Waals surface area (Å²) in [4.78, 5) is 2.11. The maximum atomic E-state index is 13.3. The van der Waals surface area contributed by atoms with Gasteiger partial charge in [0.1, 0.15) is 0 Å². The highest BCUT2D eigenvalue weighted by Crippen LogP contribution is 2.49. The van der Waals surface area contributed by atoms with Gasteiger partial charge in [0.15, 0.2) is 0 Å². The van der Waals surface area contributed by atoms with Crippen LogP contribution in [0.15, 0.2) is 24.3 Å². The van der Waals surface area contributed by atoms with E-state index in [0.717, 1.165) is 38.6 Å². The van der Waals surface area contributed by atoms with Crippen LogP contribution in [0.3, 0.4) is 0 Å². The summed E-state index contributed by atoms with van der Waals surface area (Å²) < 4.78 is 30.5. The van der Waals surface area contributed by atoms with E-state index >= 15 is 0 Å². The van der Waals surface area contributed by atoms with Crippen molar-refractivity contribution in [3.63, 3.8) is 0 Å². The van der Waals surface area contributed by atoms with Gasteiger partial charge in [0.2, 0.25) is 0 Å². The van der Waals surface area contributed by atoms with Crippen molar-refractivity contribution in [2.45, 2.75) is 200 Å². The van der Waals surface area contributed by atoms with Crippen LogP contribution >= 0.6 is 7.82 Å². The Balaban J connectivity index is 3.89. The van der Waals surface area contributed by atoms with Crippen molar-refractivity contribution in [3.05, 3.63) is 24.3 Å². The van der Waals surface area contributed by atoms with Gasteiger partial charge in [0.05, 0.1) is 19.8 Å². The largest absolute Gasteiger partial charge is 0.474 e. The Morgan fingerprint density at radius 1 is 0.404 bits per heavy atom. The van der Waals surface area contributed by atoms with Gasteiger partial charge in [-0.25, -0.2) is 4.57 Å². The molecule has 0 heterocycles. The zero-order valence-corrected chi connectivity index (χ0v) is 33.1. The fourth-order valence-electron chi connectivity index (χ4n) is 5.72. The number of nitrogens with zero attached hydrogens (tertiary/aromatic N) is 1. The Morgan fingerprint density at radius 2 is 0.681 bits per heavy atom. The van der Waals surface area contributed by atoms with Gasteiger partial charge in [0, 0.05) is 0 Å². The SMILES string of the molecule is CCCCCCCC/C=C\CCCCCCCCOP(=O)(OCCCCCCCC/C=C\CCCCCCCC)OCCCN(C)C. The van der Waals surface area contributed by atoms with Gasteiger partial charge in [-0.2, -0.15) is 0 Å². The summed E-state index contributed by atoms with van der Waals surface area (Å²) in [5.41, 5.74) is 0. The third kappa shape index (κ3) is 38.2. The summed E-state index contributed by atoms with van der Waals surface area (Å²) >= 11 is 0. The molecule has 0 aromatic carbocycles. The average Bonchev–Trinajstić information content (AvgIpc) is 3.06. The summed E-state index contributed by atoms with van der Waals surface area (Å²) in [7, 11) is 0.580. The lowest BCUT2D eigenvalue weighted by molar-refractivity contribution is 0.107. The van der Waals surface area contributed by atoms with E-state index in [4.69, 9.17) is 13.6 Å². The van der Waals surface area contributed by atoms with E-state index in [1.165, 1.54) is 154 Å². The Hall–Kier alpha value is -0.450. The number of rotatable bonds is 39. The Kier molecular flexibility index (Phi) is 38.0. The Labute approximate surface area is 295 Å². The smallest absolute Gasteiger partial charge is 0.309 e. The number of hydrogen-bond acceptors (Lipinski definition) is 5. The molecule has 0 radical (unpaired) electrons. The first-order valence-corrected chi connectivity index (χ1v) is 22.0. The number of hydrogen-bond donors (Lipinski definition) is 0. The molecule has 6 heteroatoms. The van der Waals surface area contributed by atoms with E-state index < -0.39 is 7.82 Å². The molecular formula is C41H82NO4P. The van der Waals surface area contributed by atoms with Crippen molar-refractivity contribution >= 4 is 7.82 Å². The van der Waals surface area contributed by atoms with Crippen LogP contribution in [0.1, 0.15) is 200 Å². The molecular weight excluding hydrogens is 601 g/mol. The molecule has 280 valence electrons. The molecule has 0 aliphatic carbocycles. The molecule has 0 aliphatic rings. The van der Waals surface area contributed by atoms with Crippen LogP contribution in [0.25, 0.3) is 0 Å².